The first-order valence-electron chi connectivity index (χ1n) is 6.67. The molecule has 2 N–H and O–H groups in total. The molecule has 4 nitrogen and oxygen atoms in total. The lowest BCUT2D eigenvalue weighted by Gasteiger charge is -2.37. The van der Waals surface area contributed by atoms with Gasteiger partial charge < -0.3 is 5.73 Å². The van der Waals surface area contributed by atoms with E-state index in [1.165, 1.54) is 16.4 Å². The summed E-state index contributed by atoms with van der Waals surface area (Å²) in [5.41, 5.74) is 5.89. The van der Waals surface area contributed by atoms with Crippen molar-refractivity contribution in [2.24, 2.45) is 5.73 Å². The lowest BCUT2D eigenvalue weighted by Crippen LogP contribution is -2.51. The number of hydrogen-bond donors (Lipinski definition) is 1. The van der Waals surface area contributed by atoms with Crippen LogP contribution in [0.4, 0.5) is 4.39 Å². The molecule has 0 aromatic heterocycles. The molecule has 1 saturated heterocycles. The second-order valence-electron chi connectivity index (χ2n) is 5.21. The topological polar surface area (TPSA) is 63.4 Å². The molecule has 1 aromatic carbocycles. The molecule has 1 aliphatic heterocycles. The zero-order valence-electron chi connectivity index (χ0n) is 11.9. The van der Waals surface area contributed by atoms with Gasteiger partial charge in [-0.25, -0.2) is 12.8 Å². The molecule has 9 heteroatoms. The third-order valence-corrected chi connectivity index (χ3v) is 6.43. The van der Waals surface area contributed by atoms with Crippen molar-refractivity contribution in [2.45, 2.75) is 43.2 Å². The van der Waals surface area contributed by atoms with Gasteiger partial charge in [0.25, 0.3) is 0 Å². The fourth-order valence-corrected chi connectivity index (χ4v) is 5.08. The fourth-order valence-electron chi connectivity index (χ4n) is 2.59. The molecule has 2 atom stereocenters. The van der Waals surface area contributed by atoms with E-state index in [1.54, 1.807) is 6.92 Å². The second kappa shape index (κ2) is 7.64. The summed E-state index contributed by atoms with van der Waals surface area (Å²) in [7, 11) is -3.90. The van der Waals surface area contributed by atoms with Crippen molar-refractivity contribution in [3.8, 4) is 0 Å². The minimum atomic E-state index is -3.90. The first-order valence-corrected chi connectivity index (χ1v) is 8.87. The van der Waals surface area contributed by atoms with Crippen molar-refractivity contribution in [2.75, 3.05) is 6.54 Å². The largest absolute Gasteiger partial charge is 0.326 e. The summed E-state index contributed by atoms with van der Waals surface area (Å²) in [6, 6.07) is 1.81. The highest BCUT2D eigenvalue weighted by atomic mass is 35.5. The Kier molecular flexibility index (Phi) is 6.92. The average Bonchev–Trinajstić information content (AvgIpc) is 2.44. The summed E-state index contributed by atoms with van der Waals surface area (Å²) < 4.78 is 40.6. The van der Waals surface area contributed by atoms with Crippen molar-refractivity contribution >= 4 is 45.6 Å². The van der Waals surface area contributed by atoms with E-state index < -0.39 is 20.9 Å². The highest BCUT2D eigenvalue weighted by molar-refractivity contribution is 7.89. The standard InChI is InChI=1S/C13H17Cl2FN2O2S.ClH/c1-8(17)10-4-2-3-7-18(10)21(19,20)11-6-5-9(14)13(16)12(11)15;/h5-6,8,10H,2-4,7,17H2,1H3;1H. The van der Waals surface area contributed by atoms with Gasteiger partial charge in [-0.2, -0.15) is 4.31 Å². The molecule has 0 amide bonds. The number of nitrogens with two attached hydrogens (primary N) is 1. The quantitative estimate of drug-likeness (QED) is 0.803. The minimum absolute atomic E-state index is 0. The van der Waals surface area contributed by atoms with Gasteiger partial charge in [0.2, 0.25) is 10.0 Å². The van der Waals surface area contributed by atoms with E-state index in [9.17, 15) is 12.8 Å². The first-order chi connectivity index (χ1) is 9.76. The van der Waals surface area contributed by atoms with Crippen LogP contribution in [0.1, 0.15) is 26.2 Å². The van der Waals surface area contributed by atoms with Gasteiger partial charge in [-0.15, -0.1) is 12.4 Å². The van der Waals surface area contributed by atoms with Gasteiger partial charge in [-0.3, -0.25) is 0 Å². The van der Waals surface area contributed by atoms with Crippen LogP contribution >= 0.6 is 35.6 Å². The molecule has 126 valence electrons. The van der Waals surface area contributed by atoms with Gasteiger partial charge in [-0.1, -0.05) is 29.6 Å². The summed E-state index contributed by atoms with van der Waals surface area (Å²) in [6.07, 6.45) is 2.35. The van der Waals surface area contributed by atoms with Crippen LogP contribution in [0.3, 0.4) is 0 Å². The van der Waals surface area contributed by atoms with Crippen LogP contribution in [-0.2, 0) is 10.0 Å². The van der Waals surface area contributed by atoms with E-state index >= 15 is 0 Å². The summed E-state index contributed by atoms with van der Waals surface area (Å²) in [5, 5.41) is -0.683. The summed E-state index contributed by atoms with van der Waals surface area (Å²) in [5.74, 6) is -0.922. The van der Waals surface area contributed by atoms with Crippen LogP contribution < -0.4 is 5.73 Å². The maximum Gasteiger partial charge on any atom is 0.244 e. The molecule has 1 fully saturated rings. The third-order valence-electron chi connectivity index (χ3n) is 3.69. The smallest absolute Gasteiger partial charge is 0.244 e. The molecule has 22 heavy (non-hydrogen) atoms. The maximum atomic E-state index is 13.8. The minimum Gasteiger partial charge on any atom is -0.326 e. The Bertz CT molecular complexity index is 640. The number of nitrogens with zero attached hydrogens (tertiary/aromatic N) is 1. The Morgan fingerprint density at radius 1 is 1.36 bits per heavy atom. The molecule has 0 saturated carbocycles. The molecule has 1 heterocycles. The predicted molar refractivity (Wildman–Crippen MR) is 88.8 cm³/mol. The zero-order chi connectivity index (χ0) is 15.8. The number of benzene rings is 1. The van der Waals surface area contributed by atoms with Gasteiger partial charge in [-0.05, 0) is 31.9 Å². The molecule has 1 aromatic rings. The molecule has 1 aliphatic rings. The Morgan fingerprint density at radius 2 is 2.00 bits per heavy atom. The number of sulfonamides is 1. The van der Waals surface area contributed by atoms with Crippen LogP contribution in [0.25, 0.3) is 0 Å². The summed E-state index contributed by atoms with van der Waals surface area (Å²) in [6.45, 7) is 2.12. The van der Waals surface area contributed by atoms with Crippen LogP contribution in [0.15, 0.2) is 17.0 Å². The molecule has 0 bridgehead atoms. The van der Waals surface area contributed by atoms with Crippen molar-refractivity contribution < 1.29 is 12.8 Å². The Morgan fingerprint density at radius 3 is 2.59 bits per heavy atom. The van der Waals surface area contributed by atoms with Gasteiger partial charge in [0, 0.05) is 18.6 Å². The number of piperidine rings is 1. The SMILES string of the molecule is CC(N)C1CCCCN1S(=O)(=O)c1ccc(Cl)c(F)c1Cl.Cl. The molecule has 0 aliphatic carbocycles. The molecular weight excluding hydrogens is 374 g/mol. The second-order valence-corrected chi connectivity index (χ2v) is 7.86. The van der Waals surface area contributed by atoms with Crippen LogP contribution in [0, 0.1) is 5.82 Å². The highest BCUT2D eigenvalue weighted by Crippen LogP contribution is 2.34. The van der Waals surface area contributed by atoms with Gasteiger partial charge >= 0.3 is 0 Å². The predicted octanol–water partition coefficient (Wildman–Crippen LogP) is 3.44. The Balaban J connectivity index is 0.00000242. The van der Waals surface area contributed by atoms with E-state index in [4.69, 9.17) is 28.9 Å². The van der Waals surface area contributed by atoms with E-state index in [2.05, 4.69) is 0 Å². The van der Waals surface area contributed by atoms with Crippen molar-refractivity contribution in [3.63, 3.8) is 0 Å². The van der Waals surface area contributed by atoms with E-state index in [-0.39, 0.29) is 34.4 Å². The number of halogens is 4. The monoisotopic (exact) mass is 390 g/mol. The highest BCUT2D eigenvalue weighted by Gasteiger charge is 2.37. The van der Waals surface area contributed by atoms with Crippen LogP contribution in [0.5, 0.6) is 0 Å². The first kappa shape index (κ1) is 19.9. The van der Waals surface area contributed by atoms with E-state index in [0.717, 1.165) is 12.8 Å². The third kappa shape index (κ3) is 3.68. The number of rotatable bonds is 3. The van der Waals surface area contributed by atoms with Gasteiger partial charge in [0.15, 0.2) is 5.82 Å². The summed E-state index contributed by atoms with van der Waals surface area (Å²) >= 11 is 11.4. The van der Waals surface area contributed by atoms with Gasteiger partial charge in [0.05, 0.1) is 10.0 Å². The molecular formula is C13H18Cl3FN2O2S. The molecule has 0 radical (unpaired) electrons. The van der Waals surface area contributed by atoms with Crippen molar-refractivity contribution in [1.82, 2.24) is 4.31 Å². The Hall–Kier alpha value is -0.110. The van der Waals surface area contributed by atoms with Crippen molar-refractivity contribution in [1.29, 1.82) is 0 Å². The average molecular weight is 392 g/mol. The number of hydrogen-bond acceptors (Lipinski definition) is 3. The fraction of sp³-hybridized carbons (Fsp3) is 0.538. The molecule has 2 unspecified atom stereocenters. The molecule has 2 rings (SSSR count). The summed E-state index contributed by atoms with van der Waals surface area (Å²) in [4.78, 5) is -0.265. The Labute approximate surface area is 146 Å². The van der Waals surface area contributed by atoms with E-state index in [0.29, 0.717) is 13.0 Å². The normalized spacial score (nSPS) is 21.2. The van der Waals surface area contributed by atoms with Gasteiger partial charge in [0.1, 0.15) is 4.90 Å². The zero-order valence-corrected chi connectivity index (χ0v) is 15.1. The van der Waals surface area contributed by atoms with Crippen LogP contribution in [0.2, 0.25) is 10.0 Å². The maximum absolute atomic E-state index is 13.8. The lowest BCUT2D eigenvalue weighted by atomic mass is 10.00. The van der Waals surface area contributed by atoms with Crippen LogP contribution in [-0.4, -0.2) is 31.4 Å². The lowest BCUT2D eigenvalue weighted by molar-refractivity contribution is 0.227. The molecule has 0 spiro atoms. The van der Waals surface area contributed by atoms with E-state index in [1.807, 2.05) is 0 Å². The van der Waals surface area contributed by atoms with Crippen molar-refractivity contribution in [3.05, 3.63) is 28.0 Å².